The molecule has 0 saturated carbocycles. The summed E-state index contributed by atoms with van der Waals surface area (Å²) in [7, 11) is -2.37. The fourth-order valence-electron chi connectivity index (χ4n) is 2.19. The lowest BCUT2D eigenvalue weighted by atomic mass is 10.2. The van der Waals surface area contributed by atoms with Crippen molar-refractivity contribution in [3.05, 3.63) is 71.2 Å². The molecule has 3 rings (SSSR count). The van der Waals surface area contributed by atoms with Crippen LogP contribution in [0, 0.1) is 26.0 Å². The Morgan fingerprint density at radius 3 is 2.23 bits per heavy atom. The van der Waals surface area contributed by atoms with E-state index in [1.807, 2.05) is 31.7 Å². The van der Waals surface area contributed by atoms with E-state index in [9.17, 15) is 18.2 Å². The summed E-state index contributed by atoms with van der Waals surface area (Å²) in [6.07, 6.45) is 5.46. The van der Waals surface area contributed by atoms with Crippen LogP contribution in [0.3, 0.4) is 0 Å². The molecule has 0 fully saturated rings. The van der Waals surface area contributed by atoms with Gasteiger partial charge in [0.1, 0.15) is 28.2 Å². The smallest absolute Gasteiger partial charge is 0.435 e. The first-order chi connectivity index (χ1) is 12.1. The van der Waals surface area contributed by atoms with E-state index < -0.39 is 10.1 Å². The van der Waals surface area contributed by atoms with Gasteiger partial charge in [0.15, 0.2) is 0 Å². The molecular weight excluding hydrogens is 356 g/mol. The molecule has 0 spiro atoms. The van der Waals surface area contributed by atoms with Crippen LogP contribution in [0.25, 0.3) is 5.95 Å². The van der Waals surface area contributed by atoms with Crippen molar-refractivity contribution in [2.24, 2.45) is 7.05 Å². The Balaban J connectivity index is 0.000000197. The first kappa shape index (κ1) is 19.5. The number of aromatic nitrogens is 4. The summed E-state index contributed by atoms with van der Waals surface area (Å²) in [5.41, 5.74) is 2.41. The summed E-state index contributed by atoms with van der Waals surface area (Å²) in [5.74, 6) is 0.383. The van der Waals surface area contributed by atoms with Gasteiger partial charge in [-0.2, -0.15) is 0 Å². The molecule has 0 amide bonds. The Morgan fingerprint density at radius 2 is 1.73 bits per heavy atom. The highest BCUT2D eigenvalue weighted by Crippen LogP contribution is 2.08. The van der Waals surface area contributed by atoms with Gasteiger partial charge in [0.2, 0.25) is 0 Å². The summed E-state index contributed by atoms with van der Waals surface area (Å²) >= 11 is 0. The number of hydrogen-bond acceptors (Lipinski definition) is 5. The topological polar surface area (TPSA) is 106 Å². The van der Waals surface area contributed by atoms with Gasteiger partial charge < -0.3 is 9.76 Å². The molecule has 1 aromatic carbocycles. The van der Waals surface area contributed by atoms with Gasteiger partial charge in [-0.1, -0.05) is 22.7 Å². The Labute approximate surface area is 152 Å². The molecule has 0 bridgehead atoms. The largest absolute Gasteiger partial charge is 0.744 e. The van der Waals surface area contributed by atoms with E-state index in [1.54, 1.807) is 42.2 Å². The summed E-state index contributed by atoms with van der Waals surface area (Å²) in [6.45, 7) is 5.47. The van der Waals surface area contributed by atoms with Gasteiger partial charge >= 0.3 is 5.95 Å². The van der Waals surface area contributed by atoms with E-state index in [4.69, 9.17) is 0 Å². The SMILES string of the molecule is Cc1cc(C)[n+]([O-])c(-n2cc[n+](C)c2)n1.Cc1ccc(S(=O)(=O)[O-])cc1. The summed E-state index contributed by atoms with van der Waals surface area (Å²) in [5, 5.41) is 11.8. The molecule has 0 aliphatic carbocycles. The van der Waals surface area contributed by atoms with Crippen molar-refractivity contribution >= 4 is 10.1 Å². The van der Waals surface area contributed by atoms with Gasteiger partial charge in [0.05, 0.1) is 17.6 Å². The van der Waals surface area contributed by atoms with Crippen molar-refractivity contribution in [2.75, 3.05) is 0 Å². The zero-order valence-corrected chi connectivity index (χ0v) is 15.8. The van der Waals surface area contributed by atoms with Crippen LogP contribution in [-0.2, 0) is 17.2 Å². The highest BCUT2D eigenvalue weighted by atomic mass is 32.2. The number of imidazole rings is 1. The Morgan fingerprint density at radius 1 is 1.12 bits per heavy atom. The first-order valence-electron chi connectivity index (χ1n) is 7.72. The van der Waals surface area contributed by atoms with E-state index >= 15 is 0 Å². The molecule has 3 aromatic rings. The molecule has 0 saturated heterocycles. The molecular formula is C17H20N4O4S. The van der Waals surface area contributed by atoms with Crippen LogP contribution in [0.1, 0.15) is 17.0 Å². The standard InChI is InChI=1S/C10H13N4O.C7H8O3S/c1-8-6-9(2)14(15)10(11-8)13-5-4-12(3)7-13;1-6-2-4-7(5-3-6)11(8,9)10/h4-7H,1-3H3;2-5H,1H3,(H,8,9,10)/q+1;/p-1. The second kappa shape index (κ2) is 7.63. The van der Waals surface area contributed by atoms with Gasteiger partial charge in [-0.15, -0.1) is 4.57 Å². The molecule has 0 N–H and O–H groups in total. The van der Waals surface area contributed by atoms with E-state index in [0.717, 1.165) is 16.0 Å². The van der Waals surface area contributed by atoms with Crippen molar-refractivity contribution < 1.29 is 22.3 Å². The van der Waals surface area contributed by atoms with Crippen LogP contribution >= 0.6 is 0 Å². The molecule has 2 heterocycles. The predicted molar refractivity (Wildman–Crippen MR) is 92.3 cm³/mol. The van der Waals surface area contributed by atoms with Gasteiger partial charge in [-0.3, -0.25) is 0 Å². The quantitative estimate of drug-likeness (QED) is 0.374. The minimum absolute atomic E-state index is 0.178. The van der Waals surface area contributed by atoms with E-state index in [1.165, 1.54) is 12.1 Å². The monoisotopic (exact) mass is 376 g/mol. The molecule has 9 heteroatoms. The lowest BCUT2D eigenvalue weighted by molar-refractivity contribution is -0.671. The fourth-order valence-corrected chi connectivity index (χ4v) is 2.66. The van der Waals surface area contributed by atoms with Gasteiger partial charge in [-0.25, -0.2) is 17.7 Å². The highest BCUT2D eigenvalue weighted by molar-refractivity contribution is 7.85. The van der Waals surface area contributed by atoms with Gasteiger partial charge in [0, 0.05) is 6.07 Å². The summed E-state index contributed by atoms with van der Waals surface area (Å²) in [4.78, 5) is 4.04. The zero-order valence-electron chi connectivity index (χ0n) is 14.9. The number of nitrogens with zero attached hydrogens (tertiary/aromatic N) is 4. The van der Waals surface area contributed by atoms with Crippen LogP contribution < -0.4 is 9.30 Å². The molecule has 0 aliphatic rings. The Hall–Kier alpha value is -2.78. The number of rotatable bonds is 2. The molecule has 0 radical (unpaired) electrons. The van der Waals surface area contributed by atoms with Gasteiger partial charge in [-0.05, 0) is 32.9 Å². The van der Waals surface area contributed by atoms with Crippen LogP contribution in [0.4, 0.5) is 0 Å². The summed E-state index contributed by atoms with van der Waals surface area (Å²) < 4.78 is 35.6. The fraction of sp³-hybridized carbons (Fsp3) is 0.235. The number of aryl methyl sites for hydroxylation is 4. The van der Waals surface area contributed by atoms with E-state index in [-0.39, 0.29) is 4.90 Å². The maximum Gasteiger partial charge on any atom is 0.435 e. The molecule has 0 unspecified atom stereocenters. The lowest BCUT2D eigenvalue weighted by Crippen LogP contribution is -2.37. The van der Waals surface area contributed by atoms with Crippen LogP contribution in [-0.4, -0.2) is 22.5 Å². The normalized spacial score (nSPS) is 11.0. The zero-order chi connectivity index (χ0) is 19.5. The lowest BCUT2D eigenvalue weighted by Gasteiger charge is -2.09. The van der Waals surface area contributed by atoms with Crippen LogP contribution in [0.2, 0.25) is 0 Å². The van der Waals surface area contributed by atoms with Crippen molar-refractivity contribution in [3.8, 4) is 5.95 Å². The Kier molecular flexibility index (Phi) is 5.73. The Bertz CT molecular complexity index is 1010. The third-order valence-electron chi connectivity index (χ3n) is 3.51. The van der Waals surface area contributed by atoms with Crippen molar-refractivity contribution in [1.82, 2.24) is 9.55 Å². The molecule has 8 nitrogen and oxygen atoms in total. The average molecular weight is 376 g/mol. The van der Waals surface area contributed by atoms with Crippen LogP contribution in [0.15, 0.2) is 53.9 Å². The second-order valence-corrected chi connectivity index (χ2v) is 7.27. The first-order valence-corrected chi connectivity index (χ1v) is 9.13. The minimum Gasteiger partial charge on any atom is -0.744 e. The van der Waals surface area contributed by atoms with Gasteiger partial charge in [0.25, 0.3) is 6.33 Å². The average Bonchev–Trinajstić information content (AvgIpc) is 2.97. The molecule has 26 heavy (non-hydrogen) atoms. The van der Waals surface area contributed by atoms with E-state index in [0.29, 0.717) is 11.6 Å². The minimum atomic E-state index is -4.27. The molecule has 138 valence electrons. The number of hydrogen-bond donors (Lipinski definition) is 0. The molecule has 2 aromatic heterocycles. The maximum absolute atomic E-state index is 11.8. The van der Waals surface area contributed by atoms with Crippen molar-refractivity contribution in [3.63, 3.8) is 0 Å². The number of benzene rings is 1. The van der Waals surface area contributed by atoms with Crippen molar-refractivity contribution in [2.45, 2.75) is 25.7 Å². The molecule has 0 atom stereocenters. The highest BCUT2D eigenvalue weighted by Gasteiger charge is 2.15. The van der Waals surface area contributed by atoms with Crippen molar-refractivity contribution in [1.29, 1.82) is 0 Å². The molecule has 0 aliphatic heterocycles. The summed E-state index contributed by atoms with van der Waals surface area (Å²) in [6, 6.07) is 7.55. The van der Waals surface area contributed by atoms with Crippen LogP contribution in [0.5, 0.6) is 0 Å². The second-order valence-electron chi connectivity index (χ2n) is 5.89. The van der Waals surface area contributed by atoms with E-state index in [2.05, 4.69) is 4.98 Å². The third kappa shape index (κ3) is 4.87. The third-order valence-corrected chi connectivity index (χ3v) is 4.36. The maximum atomic E-state index is 11.8. The predicted octanol–water partition coefficient (Wildman–Crippen LogP) is 0.846.